The third-order valence-corrected chi connectivity index (χ3v) is 7.05. The molecule has 0 saturated carbocycles. The number of carbonyl (C=O) groups excluding carboxylic acids is 1. The van der Waals surface area contributed by atoms with E-state index in [1.165, 1.54) is 101 Å². The van der Waals surface area contributed by atoms with Crippen molar-refractivity contribution in [3.8, 4) is 22.9 Å². The first-order chi connectivity index (χ1) is 19.6. The van der Waals surface area contributed by atoms with Gasteiger partial charge in [0, 0.05) is 11.6 Å². The first-order valence-corrected chi connectivity index (χ1v) is 15.2. The Balaban J connectivity index is 1.43. The third-order valence-electron chi connectivity index (χ3n) is 7.05. The largest absolute Gasteiger partial charge is 0.493 e. The summed E-state index contributed by atoms with van der Waals surface area (Å²) in [6.07, 6.45) is 20.1. The lowest BCUT2D eigenvalue weighted by atomic mass is 10.0. The minimum Gasteiger partial charge on any atom is -0.493 e. The second-order valence-electron chi connectivity index (χ2n) is 10.5. The first-order valence-electron chi connectivity index (χ1n) is 15.2. The molecule has 0 fully saturated rings. The van der Waals surface area contributed by atoms with Crippen molar-refractivity contribution >= 4 is 5.97 Å². The molecule has 0 N–H and O–H groups in total. The molecule has 0 bridgehead atoms. The van der Waals surface area contributed by atoms with Crippen LogP contribution in [0.1, 0.15) is 113 Å². The van der Waals surface area contributed by atoms with Gasteiger partial charge in [-0.05, 0) is 37.0 Å². The molecule has 5 nitrogen and oxygen atoms in total. The number of ether oxygens (including phenoxy) is 2. The standard InChI is InChI=1S/C34H45FN2O3/c1-3-5-7-9-10-11-12-14-16-27-17-19-28(20-18-27)33-36-25-30(26-37-33)40-34(38)31-22-21-29(24-32(31)35)39-23-15-13-8-6-4-2/h17-22,24-26H,3-16,23H2,1-2H3. The number of hydrogen-bond donors (Lipinski definition) is 0. The van der Waals surface area contributed by atoms with Crippen LogP contribution in [-0.4, -0.2) is 22.5 Å². The van der Waals surface area contributed by atoms with Crippen molar-refractivity contribution in [3.63, 3.8) is 0 Å². The lowest BCUT2D eigenvalue weighted by molar-refractivity contribution is 0.0728. The summed E-state index contributed by atoms with van der Waals surface area (Å²) in [5, 5.41) is 0. The predicted octanol–water partition coefficient (Wildman–Crippen LogP) is 9.53. The van der Waals surface area contributed by atoms with Gasteiger partial charge < -0.3 is 9.47 Å². The Labute approximate surface area is 239 Å². The maximum Gasteiger partial charge on any atom is 0.346 e. The van der Waals surface area contributed by atoms with E-state index in [1.807, 2.05) is 12.1 Å². The number of aryl methyl sites for hydroxylation is 1. The number of nitrogens with zero attached hydrogens (tertiary/aromatic N) is 2. The van der Waals surface area contributed by atoms with Crippen molar-refractivity contribution in [2.45, 2.75) is 104 Å². The van der Waals surface area contributed by atoms with Gasteiger partial charge in [-0.15, -0.1) is 0 Å². The molecule has 3 aromatic rings. The van der Waals surface area contributed by atoms with E-state index in [9.17, 15) is 9.18 Å². The summed E-state index contributed by atoms with van der Waals surface area (Å²) in [7, 11) is 0. The summed E-state index contributed by atoms with van der Waals surface area (Å²) in [6, 6.07) is 12.5. The molecule has 0 aliphatic carbocycles. The summed E-state index contributed by atoms with van der Waals surface area (Å²) in [4.78, 5) is 21.2. The SMILES string of the molecule is CCCCCCCCCCc1ccc(-c2ncc(OC(=O)c3ccc(OCCCCCCC)cc3F)cn2)cc1. The molecule has 0 radical (unpaired) electrons. The van der Waals surface area contributed by atoms with Crippen LogP contribution in [0.4, 0.5) is 4.39 Å². The fraction of sp³-hybridized carbons (Fsp3) is 0.500. The van der Waals surface area contributed by atoms with Gasteiger partial charge in [-0.3, -0.25) is 0 Å². The van der Waals surface area contributed by atoms with Gasteiger partial charge in [-0.2, -0.15) is 0 Å². The second-order valence-corrected chi connectivity index (χ2v) is 10.5. The van der Waals surface area contributed by atoms with Gasteiger partial charge in [-0.1, -0.05) is 109 Å². The lowest BCUT2D eigenvalue weighted by Gasteiger charge is -2.09. The highest BCUT2D eigenvalue weighted by molar-refractivity contribution is 5.91. The second kappa shape index (κ2) is 18.1. The molecular formula is C34H45FN2O3. The van der Waals surface area contributed by atoms with E-state index in [0.717, 1.165) is 24.8 Å². The number of aromatic nitrogens is 2. The van der Waals surface area contributed by atoms with Crippen LogP contribution in [0.2, 0.25) is 0 Å². The maximum absolute atomic E-state index is 14.6. The van der Waals surface area contributed by atoms with Crippen molar-refractivity contribution < 1.29 is 18.7 Å². The van der Waals surface area contributed by atoms with Gasteiger partial charge in [0.15, 0.2) is 11.6 Å². The average molecular weight is 549 g/mol. The Kier molecular flexibility index (Phi) is 14.2. The van der Waals surface area contributed by atoms with E-state index in [0.29, 0.717) is 18.2 Å². The van der Waals surface area contributed by atoms with Crippen molar-refractivity contribution in [2.24, 2.45) is 0 Å². The Hall–Kier alpha value is -3.28. The molecule has 0 saturated heterocycles. The lowest BCUT2D eigenvalue weighted by Crippen LogP contribution is -2.11. The highest BCUT2D eigenvalue weighted by Gasteiger charge is 2.16. The van der Waals surface area contributed by atoms with Gasteiger partial charge in [0.2, 0.25) is 0 Å². The molecule has 0 amide bonds. The fourth-order valence-corrected chi connectivity index (χ4v) is 4.61. The predicted molar refractivity (Wildman–Crippen MR) is 159 cm³/mol. The Morgan fingerprint density at radius 3 is 1.95 bits per heavy atom. The van der Waals surface area contributed by atoms with Crippen molar-refractivity contribution in [2.75, 3.05) is 6.61 Å². The van der Waals surface area contributed by atoms with Crippen LogP contribution < -0.4 is 9.47 Å². The molecule has 1 aromatic heterocycles. The number of unbranched alkanes of at least 4 members (excludes halogenated alkanes) is 11. The molecule has 216 valence electrons. The summed E-state index contributed by atoms with van der Waals surface area (Å²) in [6.45, 7) is 4.95. The summed E-state index contributed by atoms with van der Waals surface area (Å²) in [5.74, 6) is -0.378. The van der Waals surface area contributed by atoms with E-state index in [4.69, 9.17) is 9.47 Å². The molecule has 0 spiro atoms. The van der Waals surface area contributed by atoms with Crippen LogP contribution in [0.3, 0.4) is 0 Å². The number of carbonyl (C=O) groups is 1. The van der Waals surface area contributed by atoms with Crippen LogP contribution >= 0.6 is 0 Å². The zero-order valence-corrected chi connectivity index (χ0v) is 24.3. The molecule has 0 aliphatic heterocycles. The highest BCUT2D eigenvalue weighted by Crippen LogP contribution is 2.22. The Morgan fingerprint density at radius 2 is 1.32 bits per heavy atom. The molecule has 40 heavy (non-hydrogen) atoms. The number of rotatable bonds is 19. The molecular weight excluding hydrogens is 503 g/mol. The average Bonchev–Trinajstić information content (AvgIpc) is 2.97. The van der Waals surface area contributed by atoms with Gasteiger partial charge in [0.25, 0.3) is 0 Å². The van der Waals surface area contributed by atoms with Crippen LogP contribution in [-0.2, 0) is 6.42 Å². The monoisotopic (exact) mass is 548 g/mol. The number of esters is 1. The van der Waals surface area contributed by atoms with E-state index in [-0.39, 0.29) is 11.3 Å². The number of halogens is 1. The zero-order chi connectivity index (χ0) is 28.4. The third kappa shape index (κ3) is 11.1. The highest BCUT2D eigenvalue weighted by atomic mass is 19.1. The van der Waals surface area contributed by atoms with E-state index < -0.39 is 11.8 Å². The Morgan fingerprint density at radius 1 is 0.725 bits per heavy atom. The van der Waals surface area contributed by atoms with Crippen molar-refractivity contribution in [1.82, 2.24) is 9.97 Å². The van der Waals surface area contributed by atoms with Crippen LogP contribution in [0.25, 0.3) is 11.4 Å². The molecule has 0 atom stereocenters. The van der Waals surface area contributed by atoms with Gasteiger partial charge >= 0.3 is 5.97 Å². The fourth-order valence-electron chi connectivity index (χ4n) is 4.61. The normalized spacial score (nSPS) is 11.0. The zero-order valence-electron chi connectivity index (χ0n) is 24.3. The molecule has 1 heterocycles. The van der Waals surface area contributed by atoms with E-state index in [1.54, 1.807) is 6.07 Å². The van der Waals surface area contributed by atoms with Gasteiger partial charge in [0.1, 0.15) is 11.6 Å². The molecule has 3 rings (SSSR count). The van der Waals surface area contributed by atoms with Gasteiger partial charge in [0.05, 0.1) is 24.6 Å². The quantitative estimate of drug-likeness (QED) is 0.110. The summed E-state index contributed by atoms with van der Waals surface area (Å²) >= 11 is 0. The molecule has 0 unspecified atom stereocenters. The van der Waals surface area contributed by atoms with Crippen LogP contribution in [0, 0.1) is 5.82 Å². The Bertz CT molecular complexity index is 1130. The first kappa shape index (κ1) is 31.3. The van der Waals surface area contributed by atoms with Crippen molar-refractivity contribution in [1.29, 1.82) is 0 Å². The molecule has 0 aliphatic rings. The number of benzene rings is 2. The minimum atomic E-state index is -0.801. The topological polar surface area (TPSA) is 61.3 Å². The molecule has 6 heteroatoms. The summed E-state index contributed by atoms with van der Waals surface area (Å²) < 4.78 is 25.5. The maximum atomic E-state index is 14.6. The molecule has 2 aromatic carbocycles. The number of hydrogen-bond acceptors (Lipinski definition) is 5. The smallest absolute Gasteiger partial charge is 0.346 e. The van der Waals surface area contributed by atoms with E-state index >= 15 is 0 Å². The van der Waals surface area contributed by atoms with Gasteiger partial charge in [-0.25, -0.2) is 19.2 Å². The minimum absolute atomic E-state index is 0.159. The van der Waals surface area contributed by atoms with Crippen LogP contribution in [0.15, 0.2) is 54.9 Å². The van der Waals surface area contributed by atoms with E-state index in [2.05, 4.69) is 35.9 Å². The summed E-state index contributed by atoms with van der Waals surface area (Å²) in [5.41, 5.74) is 2.04. The van der Waals surface area contributed by atoms with Crippen LogP contribution in [0.5, 0.6) is 11.5 Å². The van der Waals surface area contributed by atoms with Crippen molar-refractivity contribution in [3.05, 3.63) is 71.8 Å².